The number of piperidine rings is 1. The van der Waals surface area contributed by atoms with Crippen LogP contribution in [0.5, 0.6) is 0 Å². The van der Waals surface area contributed by atoms with Gasteiger partial charge in [-0.2, -0.15) is 0 Å². The third-order valence-electron chi connectivity index (χ3n) is 6.95. The van der Waals surface area contributed by atoms with E-state index in [4.69, 9.17) is 0 Å². The van der Waals surface area contributed by atoms with Gasteiger partial charge in [0.1, 0.15) is 12.2 Å². The molecule has 1 aromatic heterocycles. The lowest BCUT2D eigenvalue weighted by Gasteiger charge is -2.43. The molecule has 1 saturated carbocycles. The van der Waals surface area contributed by atoms with Crippen LogP contribution in [0.15, 0.2) is 60.9 Å². The van der Waals surface area contributed by atoms with Crippen molar-refractivity contribution in [3.63, 3.8) is 0 Å². The molecule has 0 unspecified atom stereocenters. The summed E-state index contributed by atoms with van der Waals surface area (Å²) in [4.78, 5) is 10.6. The minimum atomic E-state index is -1.25. The molecule has 2 fully saturated rings. The number of aliphatic hydroxyl groups is 4. The highest BCUT2D eigenvalue weighted by Crippen LogP contribution is 2.42. The van der Waals surface area contributed by atoms with E-state index in [0.29, 0.717) is 19.0 Å². The van der Waals surface area contributed by atoms with Gasteiger partial charge in [0.2, 0.25) is 0 Å². The Kier molecular flexibility index (Phi) is 7.08. The lowest BCUT2D eigenvalue weighted by molar-refractivity contribution is -0.147. The maximum Gasteiger partial charge on any atom is 0.159 e. The van der Waals surface area contributed by atoms with Gasteiger partial charge in [-0.3, -0.25) is 4.90 Å². The number of aliphatic hydroxyl groups excluding tert-OH is 4. The normalized spacial score (nSPS) is 24.9. The Balaban J connectivity index is 1.25. The van der Waals surface area contributed by atoms with Crippen molar-refractivity contribution < 1.29 is 20.4 Å². The number of likely N-dealkylation sites (tertiary alicyclic amines) is 1. The zero-order chi connectivity index (χ0) is 24.4. The molecule has 0 amide bonds. The molecule has 0 bridgehead atoms. The summed E-state index contributed by atoms with van der Waals surface area (Å²) in [7, 11) is 0. The maximum absolute atomic E-state index is 10.2. The average Bonchev–Trinajstić information content (AvgIpc) is 3.73. The van der Waals surface area contributed by atoms with E-state index in [1.807, 2.05) is 35.2 Å². The molecule has 0 spiro atoms. The molecule has 1 saturated heterocycles. The number of nitrogens with one attached hydrogen (secondary N) is 1. The van der Waals surface area contributed by atoms with Gasteiger partial charge < -0.3 is 25.7 Å². The number of hydrogen-bond acceptors (Lipinski definition) is 8. The SMILES string of the molecule is OC[C@@H]1[C@@H](O)[C@H](O)[C@@H](O)CN1Cc1ccc(CNc2cc(-c3ncccn3)cc(C3CC3)c2)cc1. The quantitative estimate of drug-likeness (QED) is 0.334. The van der Waals surface area contributed by atoms with Gasteiger partial charge in [-0.25, -0.2) is 9.97 Å². The molecule has 1 aliphatic heterocycles. The average molecular weight is 477 g/mol. The molecular weight excluding hydrogens is 444 g/mol. The standard InChI is InChI=1S/C27H32N4O4/c32-16-23-25(34)26(35)24(33)15-31(23)14-18-4-2-17(3-5-18)13-30-22-11-20(19-6-7-19)10-21(12-22)27-28-8-1-9-29-27/h1-5,8-12,19,23-26,30,32-35H,6-7,13-16H2/t23-,24+,25-,26-/m1/s1. The molecule has 0 radical (unpaired) electrons. The molecule has 1 aliphatic carbocycles. The zero-order valence-corrected chi connectivity index (χ0v) is 19.5. The van der Waals surface area contributed by atoms with E-state index in [-0.39, 0.29) is 13.2 Å². The summed E-state index contributed by atoms with van der Waals surface area (Å²) < 4.78 is 0. The molecule has 3 aromatic rings. The van der Waals surface area contributed by atoms with Crippen molar-refractivity contribution in [2.75, 3.05) is 18.5 Å². The summed E-state index contributed by atoms with van der Waals surface area (Å²) in [6.45, 7) is 1.03. The van der Waals surface area contributed by atoms with Crippen LogP contribution in [0.1, 0.15) is 35.4 Å². The van der Waals surface area contributed by atoms with Gasteiger partial charge in [0, 0.05) is 43.3 Å². The third kappa shape index (κ3) is 5.52. The number of nitrogens with zero attached hydrogens (tertiary/aromatic N) is 3. The van der Waals surface area contributed by atoms with Crippen LogP contribution >= 0.6 is 0 Å². The number of aromatic nitrogens is 2. The van der Waals surface area contributed by atoms with Crippen LogP contribution < -0.4 is 5.32 Å². The van der Waals surface area contributed by atoms with Crippen LogP contribution in [-0.4, -0.2) is 72.8 Å². The first kappa shape index (κ1) is 23.8. The summed E-state index contributed by atoms with van der Waals surface area (Å²) in [6.07, 6.45) is 2.49. The van der Waals surface area contributed by atoms with Crippen LogP contribution in [-0.2, 0) is 13.1 Å². The van der Waals surface area contributed by atoms with Gasteiger partial charge in [0.15, 0.2) is 5.82 Å². The van der Waals surface area contributed by atoms with Gasteiger partial charge in [0.25, 0.3) is 0 Å². The Morgan fingerprint density at radius 1 is 0.914 bits per heavy atom. The molecule has 2 heterocycles. The van der Waals surface area contributed by atoms with Crippen molar-refractivity contribution in [3.05, 3.63) is 77.6 Å². The monoisotopic (exact) mass is 476 g/mol. The maximum atomic E-state index is 10.2. The van der Waals surface area contributed by atoms with Crippen molar-refractivity contribution in [1.29, 1.82) is 0 Å². The summed E-state index contributed by atoms with van der Waals surface area (Å²) >= 11 is 0. The van der Waals surface area contributed by atoms with E-state index in [1.165, 1.54) is 18.4 Å². The first-order valence-corrected chi connectivity index (χ1v) is 12.1. The topological polar surface area (TPSA) is 122 Å². The minimum Gasteiger partial charge on any atom is -0.395 e. The fourth-order valence-corrected chi connectivity index (χ4v) is 4.74. The van der Waals surface area contributed by atoms with Gasteiger partial charge >= 0.3 is 0 Å². The third-order valence-corrected chi connectivity index (χ3v) is 6.95. The number of anilines is 1. The molecule has 5 N–H and O–H groups in total. The van der Waals surface area contributed by atoms with Crippen LogP contribution in [0.25, 0.3) is 11.4 Å². The fourth-order valence-electron chi connectivity index (χ4n) is 4.74. The first-order chi connectivity index (χ1) is 17.0. The highest BCUT2D eigenvalue weighted by molar-refractivity contribution is 5.65. The van der Waals surface area contributed by atoms with Crippen molar-refractivity contribution in [2.45, 2.75) is 56.2 Å². The van der Waals surface area contributed by atoms with Crippen LogP contribution in [0.2, 0.25) is 0 Å². The molecule has 5 rings (SSSR count). The Morgan fingerprint density at radius 3 is 2.31 bits per heavy atom. The molecule has 35 heavy (non-hydrogen) atoms. The van der Waals surface area contributed by atoms with Crippen molar-refractivity contribution >= 4 is 5.69 Å². The van der Waals surface area contributed by atoms with Gasteiger partial charge in [-0.05, 0) is 59.7 Å². The summed E-state index contributed by atoms with van der Waals surface area (Å²) in [5.41, 5.74) is 5.50. The first-order valence-electron chi connectivity index (χ1n) is 12.1. The molecule has 4 atom stereocenters. The Bertz CT molecular complexity index is 1120. The Labute approximate surface area is 204 Å². The van der Waals surface area contributed by atoms with E-state index in [0.717, 1.165) is 28.2 Å². The predicted octanol–water partition coefficient (Wildman–Crippen LogP) is 1.89. The zero-order valence-electron chi connectivity index (χ0n) is 19.5. The van der Waals surface area contributed by atoms with E-state index < -0.39 is 24.4 Å². The molecule has 8 heteroatoms. The molecule has 2 aliphatic rings. The number of hydrogen-bond donors (Lipinski definition) is 5. The summed E-state index contributed by atoms with van der Waals surface area (Å²) in [6, 6.07) is 15.8. The molecule has 2 aromatic carbocycles. The second-order valence-electron chi connectivity index (χ2n) is 9.59. The van der Waals surface area contributed by atoms with Crippen LogP contribution in [0, 0.1) is 0 Å². The Morgan fingerprint density at radius 2 is 1.63 bits per heavy atom. The van der Waals surface area contributed by atoms with E-state index >= 15 is 0 Å². The largest absolute Gasteiger partial charge is 0.395 e. The van der Waals surface area contributed by atoms with E-state index in [2.05, 4.69) is 33.5 Å². The summed E-state index contributed by atoms with van der Waals surface area (Å²) in [5.74, 6) is 1.35. The van der Waals surface area contributed by atoms with Crippen molar-refractivity contribution in [2.24, 2.45) is 0 Å². The van der Waals surface area contributed by atoms with Crippen molar-refractivity contribution in [1.82, 2.24) is 14.9 Å². The predicted molar refractivity (Wildman–Crippen MR) is 133 cm³/mol. The molecule has 8 nitrogen and oxygen atoms in total. The smallest absolute Gasteiger partial charge is 0.159 e. The van der Waals surface area contributed by atoms with Gasteiger partial charge in [0.05, 0.1) is 18.8 Å². The summed E-state index contributed by atoms with van der Waals surface area (Å²) in [5, 5.41) is 43.3. The van der Waals surface area contributed by atoms with Crippen LogP contribution in [0.3, 0.4) is 0 Å². The number of benzene rings is 2. The van der Waals surface area contributed by atoms with Gasteiger partial charge in [-0.15, -0.1) is 0 Å². The highest BCUT2D eigenvalue weighted by atomic mass is 16.4. The number of rotatable bonds is 8. The lowest BCUT2D eigenvalue weighted by atomic mass is 9.93. The van der Waals surface area contributed by atoms with Crippen molar-refractivity contribution in [3.8, 4) is 11.4 Å². The van der Waals surface area contributed by atoms with Crippen LogP contribution in [0.4, 0.5) is 5.69 Å². The molecular formula is C27H32N4O4. The number of β-amino-alcohol motifs (C(OH)–C–C–N with tert-alkyl or cyclic N) is 1. The Hall–Kier alpha value is -2.88. The highest BCUT2D eigenvalue weighted by Gasteiger charge is 2.40. The lowest BCUT2D eigenvalue weighted by Crippen LogP contribution is -2.62. The second kappa shape index (κ2) is 10.4. The molecule has 184 valence electrons. The van der Waals surface area contributed by atoms with E-state index in [9.17, 15) is 20.4 Å². The van der Waals surface area contributed by atoms with E-state index in [1.54, 1.807) is 12.4 Å². The minimum absolute atomic E-state index is 0.192. The van der Waals surface area contributed by atoms with Gasteiger partial charge in [-0.1, -0.05) is 24.3 Å². The fraction of sp³-hybridized carbons (Fsp3) is 0.407. The second-order valence-corrected chi connectivity index (χ2v) is 9.59.